The second-order valence-electron chi connectivity index (χ2n) is 9.84. The zero-order chi connectivity index (χ0) is 21.8. The fourth-order valence-electron chi connectivity index (χ4n) is 4.95. The molecule has 3 rings (SSSR count). The lowest BCUT2D eigenvalue weighted by atomic mass is 9.87. The highest BCUT2D eigenvalue weighted by Gasteiger charge is 2.55. The van der Waals surface area contributed by atoms with Crippen LogP contribution in [0.1, 0.15) is 79.1 Å². The number of carbonyl (C=O) groups is 2. The first-order valence-corrected chi connectivity index (χ1v) is 11.8. The Kier molecular flexibility index (Phi) is 7.80. The van der Waals surface area contributed by atoms with Crippen molar-refractivity contribution in [1.29, 1.82) is 0 Å². The molecule has 172 valence electrons. The Balaban J connectivity index is 1.80. The summed E-state index contributed by atoms with van der Waals surface area (Å²) in [4.78, 5) is 30.2. The monoisotopic (exact) mass is 424 g/mol. The number of hydrogen-bond acceptors (Lipinski definition) is 7. The molecule has 2 saturated heterocycles. The van der Waals surface area contributed by atoms with E-state index in [2.05, 4.69) is 9.80 Å². The molecule has 7 nitrogen and oxygen atoms in total. The second-order valence-corrected chi connectivity index (χ2v) is 9.84. The van der Waals surface area contributed by atoms with Crippen LogP contribution in [0.15, 0.2) is 0 Å². The lowest BCUT2D eigenvalue weighted by Gasteiger charge is -2.48. The van der Waals surface area contributed by atoms with E-state index < -0.39 is 11.4 Å². The molecule has 0 spiro atoms. The van der Waals surface area contributed by atoms with Crippen molar-refractivity contribution in [1.82, 2.24) is 9.80 Å². The molecule has 30 heavy (non-hydrogen) atoms. The van der Waals surface area contributed by atoms with Gasteiger partial charge in [-0.2, -0.15) is 0 Å². The van der Waals surface area contributed by atoms with E-state index in [4.69, 9.17) is 14.2 Å². The van der Waals surface area contributed by atoms with Gasteiger partial charge in [-0.3, -0.25) is 14.6 Å². The molecule has 0 aromatic heterocycles. The van der Waals surface area contributed by atoms with Gasteiger partial charge in [-0.15, -0.1) is 0 Å². The first-order valence-electron chi connectivity index (χ1n) is 11.8. The predicted molar refractivity (Wildman–Crippen MR) is 114 cm³/mol. The maximum Gasteiger partial charge on any atom is 0.371 e. The van der Waals surface area contributed by atoms with E-state index in [1.165, 1.54) is 0 Å². The third-order valence-electron chi connectivity index (χ3n) is 6.36. The zero-order valence-electron chi connectivity index (χ0n) is 19.3. The minimum absolute atomic E-state index is 0.0562. The Bertz CT molecular complexity index is 567. The Morgan fingerprint density at radius 2 is 1.37 bits per heavy atom. The second kappa shape index (κ2) is 9.96. The van der Waals surface area contributed by atoms with Crippen LogP contribution in [0.4, 0.5) is 0 Å². The molecule has 0 radical (unpaired) electrons. The van der Waals surface area contributed by atoms with Crippen molar-refractivity contribution in [2.75, 3.05) is 32.8 Å². The number of rotatable bonds is 7. The van der Waals surface area contributed by atoms with Crippen LogP contribution in [0, 0.1) is 5.92 Å². The topological polar surface area (TPSA) is 68.3 Å². The van der Waals surface area contributed by atoms with Crippen molar-refractivity contribution in [3.63, 3.8) is 0 Å². The summed E-state index contributed by atoms with van der Waals surface area (Å²) in [6.07, 6.45) is 7.21. The maximum absolute atomic E-state index is 13.7. The van der Waals surface area contributed by atoms with Crippen molar-refractivity contribution < 1.29 is 23.8 Å². The molecule has 2 aliphatic heterocycles. The largest absolute Gasteiger partial charge is 0.466 e. The summed E-state index contributed by atoms with van der Waals surface area (Å²) in [5.41, 5.74) is -0.577. The minimum atomic E-state index is -1.15. The summed E-state index contributed by atoms with van der Waals surface area (Å²) in [5, 5.41) is 0. The Morgan fingerprint density at radius 3 is 1.80 bits per heavy atom. The van der Waals surface area contributed by atoms with E-state index in [-0.39, 0.29) is 24.0 Å². The Morgan fingerprint density at radius 1 is 0.867 bits per heavy atom. The minimum Gasteiger partial charge on any atom is -0.466 e. The molecule has 2 heterocycles. The number of nitrogens with zero attached hydrogens (tertiary/aromatic N) is 2. The van der Waals surface area contributed by atoms with Gasteiger partial charge in [-0.05, 0) is 79.1 Å². The van der Waals surface area contributed by atoms with Crippen molar-refractivity contribution >= 4 is 11.9 Å². The van der Waals surface area contributed by atoms with E-state index >= 15 is 0 Å². The highest BCUT2D eigenvalue weighted by molar-refractivity contribution is 5.79. The maximum atomic E-state index is 13.7. The Hall–Kier alpha value is -1.18. The SMILES string of the molecule is CCOC(=O)[C@H]1CC[C@H](OC(C(=O)OC(C)(C)C)(N2CCCC2)N2CCCC2)CC1. The summed E-state index contributed by atoms with van der Waals surface area (Å²) in [6, 6.07) is 0. The van der Waals surface area contributed by atoms with Gasteiger partial charge in [0, 0.05) is 26.2 Å². The summed E-state index contributed by atoms with van der Waals surface area (Å²) >= 11 is 0. The molecular formula is C23H40N2O5. The molecule has 0 aromatic carbocycles. The van der Waals surface area contributed by atoms with Crippen LogP contribution in [0.2, 0.25) is 0 Å². The fraction of sp³-hybridized carbons (Fsp3) is 0.913. The summed E-state index contributed by atoms with van der Waals surface area (Å²) < 4.78 is 17.9. The smallest absolute Gasteiger partial charge is 0.371 e. The number of hydrogen-bond donors (Lipinski definition) is 0. The molecule has 0 unspecified atom stereocenters. The number of carbonyl (C=O) groups excluding carboxylic acids is 2. The molecule has 7 heteroatoms. The summed E-state index contributed by atoms with van der Waals surface area (Å²) in [6.45, 7) is 11.4. The predicted octanol–water partition coefficient (Wildman–Crippen LogP) is 3.31. The van der Waals surface area contributed by atoms with Crippen molar-refractivity contribution in [2.45, 2.75) is 96.6 Å². The molecule has 0 bridgehead atoms. The molecular weight excluding hydrogens is 384 g/mol. The normalized spacial score (nSPS) is 26.7. The van der Waals surface area contributed by atoms with Crippen LogP contribution in [-0.2, 0) is 23.8 Å². The molecule has 0 N–H and O–H groups in total. The van der Waals surface area contributed by atoms with Crippen LogP contribution >= 0.6 is 0 Å². The average molecular weight is 425 g/mol. The van der Waals surface area contributed by atoms with E-state index in [1.54, 1.807) is 0 Å². The van der Waals surface area contributed by atoms with Gasteiger partial charge >= 0.3 is 11.9 Å². The summed E-state index contributed by atoms with van der Waals surface area (Å²) in [5.74, 6) is -1.60. The van der Waals surface area contributed by atoms with Gasteiger partial charge < -0.3 is 14.2 Å². The van der Waals surface area contributed by atoms with E-state index in [0.29, 0.717) is 6.61 Å². The number of likely N-dealkylation sites (tertiary alicyclic amines) is 2. The standard InChI is InChI=1S/C23H40N2O5/c1-5-28-20(26)18-10-12-19(13-11-18)29-23(24-14-6-7-15-24,25-16-8-9-17-25)21(27)30-22(2,3)4/h18-19H,5-17H2,1-4H3/t18-,19-. The molecule has 1 aliphatic carbocycles. The van der Waals surface area contributed by atoms with Crippen LogP contribution in [0.25, 0.3) is 0 Å². The van der Waals surface area contributed by atoms with Gasteiger partial charge in [0.15, 0.2) is 0 Å². The van der Waals surface area contributed by atoms with Gasteiger partial charge in [0.2, 0.25) is 0 Å². The van der Waals surface area contributed by atoms with Crippen LogP contribution in [-0.4, -0.2) is 72.1 Å². The van der Waals surface area contributed by atoms with Gasteiger partial charge in [0.1, 0.15) is 5.60 Å². The molecule has 3 fully saturated rings. The third-order valence-corrected chi connectivity index (χ3v) is 6.36. The van der Waals surface area contributed by atoms with Crippen molar-refractivity contribution in [2.24, 2.45) is 5.92 Å². The fourth-order valence-corrected chi connectivity index (χ4v) is 4.95. The number of ether oxygens (including phenoxy) is 3. The molecule has 1 saturated carbocycles. The van der Waals surface area contributed by atoms with Gasteiger partial charge in [0.25, 0.3) is 5.85 Å². The van der Waals surface area contributed by atoms with Gasteiger partial charge in [-0.1, -0.05) is 0 Å². The van der Waals surface area contributed by atoms with Crippen molar-refractivity contribution in [3.8, 4) is 0 Å². The van der Waals surface area contributed by atoms with Crippen LogP contribution < -0.4 is 0 Å². The first kappa shape index (κ1) is 23.5. The first-order chi connectivity index (χ1) is 14.3. The quantitative estimate of drug-likeness (QED) is 0.581. The highest BCUT2D eigenvalue weighted by Crippen LogP contribution is 2.37. The van der Waals surface area contributed by atoms with Crippen LogP contribution in [0.5, 0.6) is 0 Å². The lowest BCUT2D eigenvalue weighted by molar-refractivity contribution is -0.274. The third kappa shape index (κ3) is 5.35. The molecule has 3 aliphatic rings. The van der Waals surface area contributed by atoms with E-state index in [9.17, 15) is 9.59 Å². The average Bonchev–Trinajstić information content (AvgIpc) is 3.40. The Labute approximate surface area is 181 Å². The van der Waals surface area contributed by atoms with E-state index in [0.717, 1.165) is 77.5 Å². The summed E-state index contributed by atoms with van der Waals surface area (Å²) in [7, 11) is 0. The highest BCUT2D eigenvalue weighted by atomic mass is 16.6. The van der Waals surface area contributed by atoms with Crippen molar-refractivity contribution in [3.05, 3.63) is 0 Å². The lowest BCUT2D eigenvalue weighted by Crippen LogP contribution is -2.68. The zero-order valence-corrected chi connectivity index (χ0v) is 19.3. The van der Waals surface area contributed by atoms with E-state index in [1.807, 2.05) is 27.7 Å². The van der Waals surface area contributed by atoms with Crippen LogP contribution in [0.3, 0.4) is 0 Å². The molecule has 0 amide bonds. The van der Waals surface area contributed by atoms with Gasteiger partial charge in [-0.25, -0.2) is 4.79 Å². The number of esters is 2. The molecule has 0 aromatic rings. The van der Waals surface area contributed by atoms with Gasteiger partial charge in [0.05, 0.1) is 18.6 Å². The molecule has 0 atom stereocenters.